The highest BCUT2D eigenvalue weighted by Crippen LogP contribution is 2.14. The molecular weight excluding hydrogens is 222 g/mol. The Morgan fingerprint density at radius 1 is 1.06 bits per heavy atom. The molecule has 0 saturated heterocycles. The average molecular weight is 249 g/mol. The van der Waals surface area contributed by atoms with Crippen molar-refractivity contribution in [2.24, 2.45) is 0 Å². The molecule has 0 heterocycles. The lowest BCUT2D eigenvalue weighted by atomic mass is 9.93. The van der Waals surface area contributed by atoms with Gasteiger partial charge in [0.15, 0.2) is 0 Å². The Hall–Kier alpha value is -0.860. The molecule has 0 saturated carbocycles. The van der Waals surface area contributed by atoms with E-state index in [1.165, 1.54) is 12.0 Å². The lowest BCUT2D eigenvalue weighted by Crippen LogP contribution is -2.47. The normalized spacial score (nSPS) is 11.7. The number of aliphatic hydroxyl groups excluding tert-OH is 1. The molecule has 102 valence electrons. The summed E-state index contributed by atoms with van der Waals surface area (Å²) in [4.78, 5) is 0. The molecule has 0 bridgehead atoms. The van der Waals surface area contributed by atoms with Gasteiger partial charge in [-0.25, -0.2) is 0 Å². The van der Waals surface area contributed by atoms with Crippen LogP contribution in [0, 0.1) is 0 Å². The van der Waals surface area contributed by atoms with Gasteiger partial charge in [0, 0.05) is 5.54 Å². The van der Waals surface area contributed by atoms with Gasteiger partial charge in [0.05, 0.1) is 6.61 Å². The van der Waals surface area contributed by atoms with Crippen molar-refractivity contribution in [3.63, 3.8) is 0 Å². The number of hydrogen-bond acceptors (Lipinski definition) is 2. The molecule has 18 heavy (non-hydrogen) atoms. The van der Waals surface area contributed by atoms with Crippen molar-refractivity contribution in [1.82, 2.24) is 5.32 Å². The van der Waals surface area contributed by atoms with Crippen LogP contribution in [0.2, 0.25) is 0 Å². The number of aryl methyl sites for hydroxylation is 1. The van der Waals surface area contributed by atoms with Crippen molar-refractivity contribution >= 4 is 0 Å². The van der Waals surface area contributed by atoms with Crippen LogP contribution in [0.4, 0.5) is 0 Å². The molecule has 0 radical (unpaired) electrons. The molecule has 0 aliphatic rings. The van der Waals surface area contributed by atoms with Crippen molar-refractivity contribution in [2.75, 3.05) is 13.2 Å². The summed E-state index contributed by atoms with van der Waals surface area (Å²) in [5.41, 5.74) is 1.35. The van der Waals surface area contributed by atoms with Crippen LogP contribution in [0.25, 0.3) is 0 Å². The van der Waals surface area contributed by atoms with Gasteiger partial charge in [-0.3, -0.25) is 0 Å². The van der Waals surface area contributed by atoms with E-state index in [1.807, 2.05) is 0 Å². The van der Waals surface area contributed by atoms with Crippen molar-refractivity contribution < 1.29 is 5.11 Å². The Labute approximate surface area is 111 Å². The van der Waals surface area contributed by atoms with Crippen molar-refractivity contribution in [2.45, 2.75) is 51.5 Å². The molecule has 0 atom stereocenters. The fraction of sp³-hybridized carbons (Fsp3) is 0.625. The van der Waals surface area contributed by atoms with E-state index in [4.69, 9.17) is 0 Å². The molecule has 0 aromatic heterocycles. The Balaban J connectivity index is 2.18. The SMILES string of the molecule is CCC(CC)(CO)NCCCCc1ccccc1. The second-order valence-corrected chi connectivity index (χ2v) is 5.02. The van der Waals surface area contributed by atoms with Gasteiger partial charge in [0.1, 0.15) is 0 Å². The molecular formula is C16H27NO. The van der Waals surface area contributed by atoms with Gasteiger partial charge in [-0.05, 0) is 44.2 Å². The minimum Gasteiger partial charge on any atom is -0.394 e. The number of hydrogen-bond donors (Lipinski definition) is 2. The highest BCUT2D eigenvalue weighted by Gasteiger charge is 2.23. The van der Waals surface area contributed by atoms with E-state index < -0.39 is 0 Å². The second-order valence-electron chi connectivity index (χ2n) is 5.02. The number of aliphatic hydroxyl groups is 1. The third kappa shape index (κ3) is 4.79. The van der Waals surface area contributed by atoms with E-state index in [1.54, 1.807) is 0 Å². The molecule has 0 unspecified atom stereocenters. The van der Waals surface area contributed by atoms with Crippen LogP contribution in [0.1, 0.15) is 45.1 Å². The summed E-state index contributed by atoms with van der Waals surface area (Å²) in [6.45, 7) is 5.50. The predicted molar refractivity (Wildman–Crippen MR) is 77.8 cm³/mol. The van der Waals surface area contributed by atoms with Crippen LogP contribution >= 0.6 is 0 Å². The zero-order valence-electron chi connectivity index (χ0n) is 11.8. The molecule has 0 fully saturated rings. The minimum atomic E-state index is -0.0628. The maximum Gasteiger partial charge on any atom is 0.0613 e. The first-order valence-corrected chi connectivity index (χ1v) is 7.16. The van der Waals surface area contributed by atoms with Gasteiger partial charge in [0.2, 0.25) is 0 Å². The molecule has 0 aliphatic carbocycles. The first kappa shape index (κ1) is 15.2. The van der Waals surface area contributed by atoms with Gasteiger partial charge in [-0.1, -0.05) is 44.2 Å². The Bertz CT molecular complexity index is 298. The number of nitrogens with one attached hydrogen (secondary N) is 1. The molecule has 1 aromatic carbocycles. The lowest BCUT2D eigenvalue weighted by molar-refractivity contribution is 0.151. The molecule has 2 N–H and O–H groups in total. The van der Waals surface area contributed by atoms with Gasteiger partial charge in [-0.2, -0.15) is 0 Å². The molecule has 0 spiro atoms. The maximum atomic E-state index is 9.45. The van der Waals surface area contributed by atoms with Crippen LogP contribution in [0.5, 0.6) is 0 Å². The van der Waals surface area contributed by atoms with Gasteiger partial charge in [-0.15, -0.1) is 0 Å². The Kier molecular flexibility index (Phi) is 6.99. The van der Waals surface area contributed by atoms with E-state index in [0.717, 1.165) is 32.2 Å². The zero-order valence-corrected chi connectivity index (χ0v) is 11.8. The summed E-state index contributed by atoms with van der Waals surface area (Å²) >= 11 is 0. The fourth-order valence-corrected chi connectivity index (χ4v) is 2.23. The second kappa shape index (κ2) is 8.28. The minimum absolute atomic E-state index is 0.0628. The third-order valence-corrected chi connectivity index (χ3v) is 3.89. The molecule has 1 aromatic rings. The standard InChI is InChI=1S/C16H27NO/c1-3-16(4-2,14-18)17-13-9-8-12-15-10-6-5-7-11-15/h5-7,10-11,17-18H,3-4,8-9,12-14H2,1-2H3. The van der Waals surface area contributed by atoms with E-state index in [0.29, 0.717) is 0 Å². The van der Waals surface area contributed by atoms with Crippen LogP contribution in [0.15, 0.2) is 30.3 Å². The van der Waals surface area contributed by atoms with Crippen LogP contribution in [0.3, 0.4) is 0 Å². The first-order valence-electron chi connectivity index (χ1n) is 7.16. The largest absolute Gasteiger partial charge is 0.394 e. The molecule has 0 amide bonds. The first-order chi connectivity index (χ1) is 8.76. The smallest absolute Gasteiger partial charge is 0.0613 e. The Morgan fingerprint density at radius 3 is 2.28 bits per heavy atom. The lowest BCUT2D eigenvalue weighted by Gasteiger charge is -2.31. The Morgan fingerprint density at radius 2 is 1.72 bits per heavy atom. The van der Waals surface area contributed by atoms with E-state index in [9.17, 15) is 5.11 Å². The maximum absolute atomic E-state index is 9.45. The number of unbranched alkanes of at least 4 members (excludes halogenated alkanes) is 1. The highest BCUT2D eigenvalue weighted by atomic mass is 16.3. The summed E-state index contributed by atoms with van der Waals surface area (Å²) in [7, 11) is 0. The topological polar surface area (TPSA) is 32.3 Å². The molecule has 1 rings (SSSR count). The van der Waals surface area contributed by atoms with Crippen molar-refractivity contribution in [3.05, 3.63) is 35.9 Å². The van der Waals surface area contributed by atoms with Crippen LogP contribution < -0.4 is 5.32 Å². The van der Waals surface area contributed by atoms with Gasteiger partial charge < -0.3 is 10.4 Å². The average Bonchev–Trinajstić information content (AvgIpc) is 2.45. The van der Waals surface area contributed by atoms with E-state index >= 15 is 0 Å². The quantitative estimate of drug-likeness (QED) is 0.659. The zero-order chi connectivity index (χ0) is 13.3. The number of benzene rings is 1. The molecule has 2 nitrogen and oxygen atoms in total. The summed E-state index contributed by atoms with van der Waals surface area (Å²) in [6.07, 6.45) is 5.48. The summed E-state index contributed by atoms with van der Waals surface area (Å²) < 4.78 is 0. The number of rotatable bonds is 9. The highest BCUT2D eigenvalue weighted by molar-refractivity contribution is 5.14. The third-order valence-electron chi connectivity index (χ3n) is 3.89. The summed E-state index contributed by atoms with van der Waals surface area (Å²) in [6, 6.07) is 10.6. The van der Waals surface area contributed by atoms with Crippen molar-refractivity contribution in [1.29, 1.82) is 0 Å². The van der Waals surface area contributed by atoms with Gasteiger partial charge in [0.25, 0.3) is 0 Å². The molecule has 2 heteroatoms. The fourth-order valence-electron chi connectivity index (χ4n) is 2.23. The molecule has 0 aliphatic heterocycles. The summed E-state index contributed by atoms with van der Waals surface area (Å²) in [5.74, 6) is 0. The predicted octanol–water partition coefficient (Wildman–Crippen LogP) is 3.15. The van der Waals surface area contributed by atoms with E-state index in [-0.39, 0.29) is 12.1 Å². The van der Waals surface area contributed by atoms with Crippen LogP contribution in [-0.2, 0) is 6.42 Å². The van der Waals surface area contributed by atoms with Crippen molar-refractivity contribution in [3.8, 4) is 0 Å². The van der Waals surface area contributed by atoms with Crippen LogP contribution in [-0.4, -0.2) is 23.8 Å². The summed E-state index contributed by atoms with van der Waals surface area (Å²) in [5, 5.41) is 13.0. The van der Waals surface area contributed by atoms with Gasteiger partial charge >= 0.3 is 0 Å². The monoisotopic (exact) mass is 249 g/mol. The van der Waals surface area contributed by atoms with E-state index in [2.05, 4.69) is 49.5 Å².